The van der Waals surface area contributed by atoms with Gasteiger partial charge in [0.15, 0.2) is 11.9 Å². The molecule has 9 nitrogen and oxygen atoms in total. The van der Waals surface area contributed by atoms with Crippen molar-refractivity contribution in [1.29, 1.82) is 0 Å². The zero-order chi connectivity index (χ0) is 31.5. The first kappa shape index (κ1) is 31.7. The summed E-state index contributed by atoms with van der Waals surface area (Å²) >= 11 is 0. The molecule has 1 aromatic carbocycles. The number of fused-ring (bicyclic) bond motifs is 1. The van der Waals surface area contributed by atoms with Gasteiger partial charge in [-0.05, 0) is 61.3 Å². The lowest BCUT2D eigenvalue weighted by Crippen LogP contribution is -2.24. The predicted octanol–water partition coefficient (Wildman–Crippen LogP) is 6.82. The van der Waals surface area contributed by atoms with Crippen molar-refractivity contribution in [2.75, 3.05) is 0 Å². The first-order valence-electron chi connectivity index (χ1n) is 14.2. The van der Waals surface area contributed by atoms with Crippen LogP contribution in [0.2, 0.25) is 0 Å². The standard InChI is InChI=1S/C34H33FN4O5/c1-3-5-6-7-11-23-15-18-27(36-22-23)33(42)30-21-28(38-44-30)24-16-17-26-29(20-24)37-31(13-8-9-14-32(40)41)39(34(26)43)25(4-2)12-10-19-35/h4-7,10-12,15-22,33,42H,2-3,8-9,13-14H2,1H3,(H,40,41)/b6-5-,11-7-,19-10+,25-12+. The topological polar surface area (TPSA) is 131 Å². The number of hydrogen-bond donors (Lipinski definition) is 2. The van der Waals surface area contributed by atoms with Crippen LogP contribution in [-0.2, 0) is 11.2 Å². The molecule has 0 amide bonds. The minimum Gasteiger partial charge on any atom is -0.481 e. The van der Waals surface area contributed by atoms with E-state index >= 15 is 0 Å². The van der Waals surface area contributed by atoms with Crippen LogP contribution < -0.4 is 5.56 Å². The van der Waals surface area contributed by atoms with Gasteiger partial charge in [-0.15, -0.1) is 0 Å². The summed E-state index contributed by atoms with van der Waals surface area (Å²) in [4.78, 5) is 33.7. The predicted molar refractivity (Wildman–Crippen MR) is 168 cm³/mol. The fraction of sp³-hybridized carbons (Fsp3) is 0.206. The average Bonchev–Trinajstić information content (AvgIpc) is 3.53. The Labute approximate surface area is 253 Å². The molecule has 0 spiro atoms. The van der Waals surface area contributed by atoms with Gasteiger partial charge in [0.05, 0.1) is 22.9 Å². The van der Waals surface area contributed by atoms with Crippen molar-refractivity contribution < 1.29 is 23.9 Å². The number of nitrogens with zero attached hydrogens (tertiary/aromatic N) is 4. The van der Waals surface area contributed by atoms with Crippen LogP contribution in [0, 0.1) is 0 Å². The van der Waals surface area contributed by atoms with E-state index in [1.54, 1.807) is 36.5 Å². The van der Waals surface area contributed by atoms with E-state index in [0.29, 0.717) is 65.0 Å². The lowest BCUT2D eigenvalue weighted by molar-refractivity contribution is -0.137. The number of pyridine rings is 1. The van der Waals surface area contributed by atoms with Gasteiger partial charge in [-0.1, -0.05) is 55.1 Å². The zero-order valence-corrected chi connectivity index (χ0v) is 24.3. The van der Waals surface area contributed by atoms with E-state index in [4.69, 9.17) is 14.6 Å². The Bertz CT molecular complexity index is 1800. The lowest BCUT2D eigenvalue weighted by Gasteiger charge is -2.14. The number of aliphatic carboxylic acids is 1. The number of hydrogen-bond acceptors (Lipinski definition) is 7. The molecule has 10 heteroatoms. The molecule has 3 aromatic heterocycles. The van der Waals surface area contributed by atoms with Crippen molar-refractivity contribution in [1.82, 2.24) is 19.7 Å². The van der Waals surface area contributed by atoms with Crippen LogP contribution in [0.15, 0.2) is 101 Å². The van der Waals surface area contributed by atoms with E-state index in [0.717, 1.165) is 18.1 Å². The van der Waals surface area contributed by atoms with Crippen LogP contribution in [0.3, 0.4) is 0 Å². The number of halogens is 1. The molecule has 0 saturated carbocycles. The Kier molecular flexibility index (Phi) is 11.0. The smallest absolute Gasteiger partial charge is 0.303 e. The van der Waals surface area contributed by atoms with E-state index in [-0.39, 0.29) is 17.7 Å². The van der Waals surface area contributed by atoms with Crippen molar-refractivity contribution in [2.45, 2.75) is 45.1 Å². The molecule has 44 heavy (non-hydrogen) atoms. The van der Waals surface area contributed by atoms with Crippen molar-refractivity contribution in [3.05, 3.63) is 125 Å². The SMILES string of the molecule is C=C/C(=C\C=C\F)n1c(CCCCC(=O)O)nc2cc(-c3cc(C(O)c4ccc(/C=C\C=C/CC)cn4)on3)ccc2c1=O. The molecule has 0 fully saturated rings. The van der Waals surface area contributed by atoms with E-state index in [1.807, 2.05) is 30.4 Å². The molecular formula is C34H33FN4O5. The highest BCUT2D eigenvalue weighted by Gasteiger charge is 2.20. The Hall–Kier alpha value is -5.22. The largest absolute Gasteiger partial charge is 0.481 e. The third-order valence-corrected chi connectivity index (χ3v) is 6.74. The van der Waals surface area contributed by atoms with Crippen LogP contribution in [0.25, 0.3) is 33.9 Å². The van der Waals surface area contributed by atoms with Crippen molar-refractivity contribution in [3.63, 3.8) is 0 Å². The van der Waals surface area contributed by atoms with Gasteiger partial charge < -0.3 is 14.7 Å². The van der Waals surface area contributed by atoms with E-state index in [1.165, 1.54) is 16.7 Å². The van der Waals surface area contributed by atoms with Crippen molar-refractivity contribution in [2.24, 2.45) is 0 Å². The highest BCUT2D eigenvalue weighted by Crippen LogP contribution is 2.28. The Balaban J connectivity index is 1.64. The molecule has 0 saturated heterocycles. The molecule has 4 aromatic rings. The molecule has 226 valence electrons. The van der Waals surface area contributed by atoms with E-state index in [9.17, 15) is 19.1 Å². The first-order valence-corrected chi connectivity index (χ1v) is 14.2. The monoisotopic (exact) mass is 596 g/mol. The second kappa shape index (κ2) is 15.3. The van der Waals surface area contributed by atoms with Crippen LogP contribution in [-0.4, -0.2) is 35.9 Å². The van der Waals surface area contributed by atoms with Gasteiger partial charge in [0.1, 0.15) is 11.5 Å². The summed E-state index contributed by atoms with van der Waals surface area (Å²) in [7, 11) is 0. The molecular weight excluding hydrogens is 563 g/mol. The molecule has 1 atom stereocenters. The summed E-state index contributed by atoms with van der Waals surface area (Å²) in [5.74, 6) is -0.327. The molecule has 0 bridgehead atoms. The number of aliphatic hydroxyl groups is 1. The number of aryl methyl sites for hydroxylation is 1. The molecule has 0 aliphatic rings. The Morgan fingerprint density at radius 3 is 2.70 bits per heavy atom. The summed E-state index contributed by atoms with van der Waals surface area (Å²) in [6.45, 7) is 5.81. The number of allylic oxidation sites excluding steroid dienone is 7. The van der Waals surface area contributed by atoms with Crippen molar-refractivity contribution >= 4 is 28.6 Å². The maximum atomic E-state index is 13.6. The zero-order valence-electron chi connectivity index (χ0n) is 24.3. The third kappa shape index (κ3) is 7.78. The van der Waals surface area contributed by atoms with E-state index < -0.39 is 12.1 Å². The van der Waals surface area contributed by atoms with Gasteiger partial charge in [0.25, 0.3) is 5.56 Å². The van der Waals surface area contributed by atoms with Crippen molar-refractivity contribution in [3.8, 4) is 11.3 Å². The number of aliphatic hydroxyl groups excluding tert-OH is 1. The summed E-state index contributed by atoms with van der Waals surface area (Å²) in [6, 6.07) is 10.2. The number of carboxylic acid groups (broad SMARTS) is 1. The van der Waals surface area contributed by atoms with Crippen LogP contribution in [0.1, 0.15) is 61.6 Å². The molecule has 0 aliphatic heterocycles. The van der Waals surface area contributed by atoms with Crippen LogP contribution in [0.5, 0.6) is 0 Å². The van der Waals surface area contributed by atoms with Gasteiger partial charge in [-0.2, -0.15) is 0 Å². The Morgan fingerprint density at radius 2 is 2.00 bits per heavy atom. The number of unbranched alkanes of at least 4 members (excludes halogenated alkanes) is 1. The summed E-state index contributed by atoms with van der Waals surface area (Å²) in [6.07, 6.45) is 14.8. The lowest BCUT2D eigenvalue weighted by atomic mass is 10.1. The summed E-state index contributed by atoms with van der Waals surface area (Å²) < 4.78 is 19.6. The quantitative estimate of drug-likeness (QED) is 0.120. The molecule has 3 heterocycles. The number of aromatic nitrogens is 4. The highest BCUT2D eigenvalue weighted by atomic mass is 19.1. The van der Waals surface area contributed by atoms with Gasteiger partial charge >= 0.3 is 5.97 Å². The fourth-order valence-corrected chi connectivity index (χ4v) is 4.51. The number of rotatable bonds is 14. The first-order chi connectivity index (χ1) is 21.4. The maximum absolute atomic E-state index is 13.6. The van der Waals surface area contributed by atoms with Gasteiger partial charge in [0.2, 0.25) is 0 Å². The molecule has 0 aliphatic carbocycles. The minimum atomic E-state index is -1.14. The second-order valence-corrected chi connectivity index (χ2v) is 9.84. The highest BCUT2D eigenvalue weighted by molar-refractivity contribution is 5.84. The maximum Gasteiger partial charge on any atom is 0.303 e. The molecule has 2 N–H and O–H groups in total. The van der Waals surface area contributed by atoms with Crippen LogP contribution >= 0.6 is 0 Å². The van der Waals surface area contributed by atoms with Crippen LogP contribution in [0.4, 0.5) is 4.39 Å². The van der Waals surface area contributed by atoms with Gasteiger partial charge in [0, 0.05) is 36.4 Å². The summed E-state index contributed by atoms with van der Waals surface area (Å²) in [5.41, 5.74) is 2.67. The number of benzene rings is 1. The number of carboxylic acids is 1. The molecule has 0 radical (unpaired) electrons. The molecule has 1 unspecified atom stereocenters. The Morgan fingerprint density at radius 1 is 1.16 bits per heavy atom. The number of carbonyl (C=O) groups is 1. The normalized spacial score (nSPS) is 13.0. The fourth-order valence-electron chi connectivity index (χ4n) is 4.51. The second-order valence-electron chi connectivity index (χ2n) is 9.84. The molecule has 4 rings (SSSR count). The van der Waals surface area contributed by atoms with Gasteiger partial charge in [-0.25, -0.2) is 9.37 Å². The third-order valence-electron chi connectivity index (χ3n) is 6.74. The minimum absolute atomic E-state index is 0.00952. The van der Waals surface area contributed by atoms with E-state index in [2.05, 4.69) is 23.6 Å². The summed E-state index contributed by atoms with van der Waals surface area (Å²) in [5, 5.41) is 24.3. The average molecular weight is 597 g/mol. The van der Waals surface area contributed by atoms with Gasteiger partial charge in [-0.3, -0.25) is 19.1 Å².